The number of rotatable bonds is 4. The first-order chi connectivity index (χ1) is 12.1. The van der Waals surface area contributed by atoms with Crippen molar-refractivity contribution in [2.24, 2.45) is 24.8 Å². The van der Waals surface area contributed by atoms with Crippen LogP contribution in [-0.2, 0) is 16.6 Å². The first-order valence-electron chi connectivity index (χ1n) is 9.00. The Kier molecular flexibility index (Phi) is 4.31. The summed E-state index contributed by atoms with van der Waals surface area (Å²) in [6.07, 6.45) is 6.45. The number of nitrogens with zero attached hydrogens (tertiary/aromatic N) is 3. The molecule has 2 heterocycles. The van der Waals surface area contributed by atoms with E-state index in [2.05, 4.69) is 15.3 Å². The van der Waals surface area contributed by atoms with E-state index in [9.17, 15) is 4.79 Å². The van der Waals surface area contributed by atoms with Crippen molar-refractivity contribution >= 4 is 34.4 Å². The zero-order valence-electron chi connectivity index (χ0n) is 14.5. The predicted molar refractivity (Wildman–Crippen MR) is 96.5 cm³/mol. The van der Waals surface area contributed by atoms with Crippen molar-refractivity contribution in [3.05, 3.63) is 17.5 Å². The largest absolute Gasteiger partial charge is 0.466 e. The molecule has 25 heavy (non-hydrogen) atoms. The highest BCUT2D eigenvalue weighted by Gasteiger charge is 2.48. The van der Waals surface area contributed by atoms with E-state index in [0.717, 1.165) is 36.7 Å². The fraction of sp³-hybridized carbons (Fsp3) is 0.611. The van der Waals surface area contributed by atoms with Crippen LogP contribution in [0.1, 0.15) is 32.6 Å². The number of carbonyl (C=O) groups is 1. The summed E-state index contributed by atoms with van der Waals surface area (Å²) in [5, 5.41) is 4.69. The molecule has 3 saturated carbocycles. The lowest BCUT2D eigenvalue weighted by Gasteiger charge is -2.47. The molecule has 2 aromatic rings. The summed E-state index contributed by atoms with van der Waals surface area (Å²) in [7, 11) is 1.93. The van der Waals surface area contributed by atoms with E-state index in [1.54, 1.807) is 0 Å². The highest BCUT2D eigenvalue weighted by atomic mass is 35.5. The summed E-state index contributed by atoms with van der Waals surface area (Å²) in [6, 6.07) is 2.02. The van der Waals surface area contributed by atoms with Gasteiger partial charge in [-0.1, -0.05) is 0 Å². The molecule has 2 bridgehead atoms. The van der Waals surface area contributed by atoms with Gasteiger partial charge in [0.2, 0.25) is 5.28 Å². The second-order valence-corrected chi connectivity index (χ2v) is 7.47. The third-order valence-corrected chi connectivity index (χ3v) is 5.95. The SMILES string of the molecule is CCOC(=O)[C@@H]1C2CCC(CC2)[C@H]1Nc1nc(Cl)nc2c1ccn2C. The number of halogens is 1. The first-order valence-corrected chi connectivity index (χ1v) is 9.38. The molecule has 0 spiro atoms. The smallest absolute Gasteiger partial charge is 0.311 e. The molecule has 3 fully saturated rings. The van der Waals surface area contributed by atoms with E-state index in [4.69, 9.17) is 16.3 Å². The predicted octanol–water partition coefficient (Wildman–Crippen LogP) is 3.40. The number of carbonyl (C=O) groups excluding carboxylic acids is 1. The van der Waals surface area contributed by atoms with Crippen molar-refractivity contribution in [2.75, 3.05) is 11.9 Å². The van der Waals surface area contributed by atoms with E-state index in [-0.39, 0.29) is 23.2 Å². The number of ether oxygens (including phenoxy) is 1. The minimum Gasteiger partial charge on any atom is -0.466 e. The lowest BCUT2D eigenvalue weighted by molar-refractivity contribution is -0.154. The van der Waals surface area contributed by atoms with Crippen LogP contribution in [-0.4, -0.2) is 33.2 Å². The Hall–Kier alpha value is -1.82. The number of hydrogen-bond acceptors (Lipinski definition) is 5. The third kappa shape index (κ3) is 2.86. The molecule has 134 valence electrons. The quantitative estimate of drug-likeness (QED) is 0.666. The number of aryl methyl sites for hydroxylation is 1. The monoisotopic (exact) mass is 362 g/mol. The summed E-state index contributed by atoms with van der Waals surface area (Å²) >= 11 is 6.13. The summed E-state index contributed by atoms with van der Waals surface area (Å²) in [4.78, 5) is 21.3. The van der Waals surface area contributed by atoms with Gasteiger partial charge in [0.1, 0.15) is 11.5 Å². The van der Waals surface area contributed by atoms with Gasteiger partial charge in [-0.3, -0.25) is 4.79 Å². The molecular weight excluding hydrogens is 340 g/mol. The van der Waals surface area contributed by atoms with Crippen LogP contribution in [0, 0.1) is 17.8 Å². The number of aromatic nitrogens is 3. The molecule has 7 heteroatoms. The Balaban J connectivity index is 1.69. The molecule has 6 nitrogen and oxygen atoms in total. The summed E-state index contributed by atoms with van der Waals surface area (Å²) in [5.74, 6) is 1.37. The molecule has 5 rings (SSSR count). The van der Waals surface area contributed by atoms with E-state index >= 15 is 0 Å². The van der Waals surface area contributed by atoms with Gasteiger partial charge >= 0.3 is 5.97 Å². The van der Waals surface area contributed by atoms with Gasteiger partial charge in [0, 0.05) is 19.3 Å². The second-order valence-electron chi connectivity index (χ2n) is 7.13. The minimum atomic E-state index is -0.111. The Morgan fingerprint density at radius 1 is 1.32 bits per heavy atom. The fourth-order valence-electron chi connectivity index (χ4n) is 4.61. The number of nitrogens with one attached hydrogen (secondary N) is 1. The van der Waals surface area contributed by atoms with Crippen molar-refractivity contribution in [2.45, 2.75) is 38.6 Å². The number of esters is 1. The van der Waals surface area contributed by atoms with Crippen LogP contribution in [0.2, 0.25) is 5.28 Å². The number of hydrogen-bond donors (Lipinski definition) is 1. The van der Waals surface area contributed by atoms with Crippen LogP contribution in [0.4, 0.5) is 5.82 Å². The van der Waals surface area contributed by atoms with Crippen LogP contribution in [0.25, 0.3) is 11.0 Å². The van der Waals surface area contributed by atoms with E-state index < -0.39 is 0 Å². The minimum absolute atomic E-state index is 0.0425. The van der Waals surface area contributed by atoms with E-state index in [0.29, 0.717) is 24.3 Å². The lowest BCUT2D eigenvalue weighted by Crippen LogP contribution is -2.52. The van der Waals surface area contributed by atoms with Crippen molar-refractivity contribution in [3.8, 4) is 0 Å². The van der Waals surface area contributed by atoms with Crippen molar-refractivity contribution in [1.29, 1.82) is 0 Å². The number of anilines is 1. The maximum absolute atomic E-state index is 12.6. The molecule has 1 N–H and O–H groups in total. The zero-order chi connectivity index (χ0) is 17.6. The zero-order valence-corrected chi connectivity index (χ0v) is 15.3. The van der Waals surface area contributed by atoms with Crippen LogP contribution in [0.5, 0.6) is 0 Å². The highest BCUT2D eigenvalue weighted by Crippen LogP contribution is 2.47. The van der Waals surface area contributed by atoms with Gasteiger partial charge in [-0.15, -0.1) is 0 Å². The molecule has 0 aliphatic heterocycles. The van der Waals surface area contributed by atoms with Gasteiger partial charge in [0.05, 0.1) is 17.9 Å². The van der Waals surface area contributed by atoms with Crippen molar-refractivity contribution < 1.29 is 9.53 Å². The molecule has 0 amide bonds. The summed E-state index contributed by atoms with van der Waals surface area (Å²) in [6.45, 7) is 2.28. The summed E-state index contributed by atoms with van der Waals surface area (Å²) < 4.78 is 7.30. The topological polar surface area (TPSA) is 69.0 Å². The van der Waals surface area contributed by atoms with Crippen LogP contribution < -0.4 is 5.32 Å². The number of fused-ring (bicyclic) bond motifs is 4. The summed E-state index contributed by atoms with van der Waals surface area (Å²) in [5.41, 5.74) is 0.788. The Labute approximate surface area is 151 Å². The standard InChI is InChI=1S/C18H23ClN4O2/c1-3-25-17(24)13-10-4-6-11(7-5-10)14(13)20-15-12-8-9-23(2)16(12)22-18(19)21-15/h8-11,13-14H,3-7H2,1-2H3,(H,20,21,22)/t10?,11?,13-,14-/m1/s1. The molecule has 3 aliphatic carbocycles. The molecule has 3 aliphatic rings. The molecule has 0 aromatic carbocycles. The Morgan fingerprint density at radius 2 is 2.04 bits per heavy atom. The molecule has 2 aromatic heterocycles. The van der Waals surface area contributed by atoms with Gasteiger partial charge in [-0.25, -0.2) is 4.98 Å². The average molecular weight is 363 g/mol. The molecule has 0 unspecified atom stereocenters. The Bertz CT molecular complexity index is 798. The maximum atomic E-state index is 12.6. The first kappa shape index (κ1) is 16.6. The maximum Gasteiger partial charge on any atom is 0.311 e. The van der Waals surface area contributed by atoms with Crippen LogP contribution >= 0.6 is 11.6 Å². The van der Waals surface area contributed by atoms with Gasteiger partial charge < -0.3 is 14.6 Å². The van der Waals surface area contributed by atoms with Crippen molar-refractivity contribution in [3.63, 3.8) is 0 Å². The van der Waals surface area contributed by atoms with Gasteiger partial charge in [-0.05, 0) is 62.1 Å². The highest BCUT2D eigenvalue weighted by molar-refractivity contribution is 6.28. The normalized spacial score (nSPS) is 28.3. The van der Waals surface area contributed by atoms with Crippen molar-refractivity contribution in [1.82, 2.24) is 14.5 Å². The van der Waals surface area contributed by atoms with Crippen LogP contribution in [0.15, 0.2) is 12.3 Å². The fourth-order valence-corrected chi connectivity index (χ4v) is 4.78. The average Bonchev–Trinajstić information content (AvgIpc) is 2.97. The second kappa shape index (κ2) is 6.48. The van der Waals surface area contributed by atoms with Crippen LogP contribution in [0.3, 0.4) is 0 Å². The molecule has 0 radical (unpaired) electrons. The molecular formula is C18H23ClN4O2. The van der Waals surface area contributed by atoms with E-state index in [1.807, 2.05) is 30.8 Å². The molecule has 0 saturated heterocycles. The lowest BCUT2D eigenvalue weighted by atomic mass is 9.61. The Morgan fingerprint density at radius 3 is 2.76 bits per heavy atom. The molecule has 2 atom stereocenters. The third-order valence-electron chi connectivity index (χ3n) is 5.78. The van der Waals surface area contributed by atoms with Gasteiger partial charge in [0.25, 0.3) is 0 Å². The van der Waals surface area contributed by atoms with Gasteiger partial charge in [0.15, 0.2) is 0 Å². The van der Waals surface area contributed by atoms with E-state index in [1.165, 1.54) is 0 Å². The van der Waals surface area contributed by atoms with Gasteiger partial charge in [-0.2, -0.15) is 4.98 Å².